The molecule has 2 aromatic rings. The largest absolute Gasteiger partial charge is 0.457 e. The highest BCUT2D eigenvalue weighted by atomic mass is 127. The van der Waals surface area contributed by atoms with E-state index in [1.165, 1.54) is 0 Å². The molecule has 0 aliphatic rings. The van der Waals surface area contributed by atoms with Crippen molar-refractivity contribution in [3.8, 4) is 11.5 Å². The molecule has 0 spiro atoms. The first-order valence-corrected chi connectivity index (χ1v) is 5.60. The molecule has 2 rings (SSSR count). The van der Waals surface area contributed by atoms with Crippen molar-refractivity contribution < 1.29 is 4.74 Å². The van der Waals surface area contributed by atoms with Gasteiger partial charge in [-0.05, 0) is 24.3 Å². The number of rotatable bonds is 3. The molecule has 0 fully saturated rings. The highest BCUT2D eigenvalue weighted by molar-refractivity contribution is 14.0. The van der Waals surface area contributed by atoms with Crippen LogP contribution >= 0.6 is 24.0 Å². The summed E-state index contributed by atoms with van der Waals surface area (Å²) < 4.78 is 5.71. The lowest BCUT2D eigenvalue weighted by Gasteiger charge is -2.08. The van der Waals surface area contributed by atoms with Gasteiger partial charge in [-0.25, -0.2) is 0 Å². The van der Waals surface area contributed by atoms with Gasteiger partial charge >= 0.3 is 0 Å². The van der Waals surface area contributed by atoms with Gasteiger partial charge in [0.05, 0.1) is 0 Å². The van der Waals surface area contributed by atoms with Gasteiger partial charge in [-0.2, -0.15) is 0 Å². The molecule has 0 atom stereocenters. The number of hydrogen-bond acceptors (Lipinski definition) is 2. The molecule has 0 aromatic heterocycles. The fourth-order valence-corrected chi connectivity index (χ4v) is 1.47. The van der Waals surface area contributed by atoms with Crippen LogP contribution in [-0.4, -0.2) is 13.0 Å². The van der Waals surface area contributed by atoms with Crippen LogP contribution in [0.25, 0.3) is 0 Å². The minimum absolute atomic E-state index is 0. The van der Waals surface area contributed by atoms with Crippen molar-refractivity contribution in [1.82, 2.24) is 0 Å². The van der Waals surface area contributed by atoms with Crippen LogP contribution in [0.5, 0.6) is 11.5 Å². The third-order valence-electron chi connectivity index (χ3n) is 2.33. The summed E-state index contributed by atoms with van der Waals surface area (Å²) in [4.78, 5) is 3.84. The second kappa shape index (κ2) is 7.63. The number of halogens is 1. The average Bonchev–Trinajstić information content (AvgIpc) is 2.40. The zero-order valence-electron chi connectivity index (χ0n) is 10.5. The fourth-order valence-electron chi connectivity index (χ4n) is 1.47. The maximum Gasteiger partial charge on any atom is 0.192 e. The number of ether oxygens (including phenoxy) is 1. The number of nitrogens with two attached hydrogens (primary N) is 1. The Bertz CT molecular complexity index is 543. The van der Waals surface area contributed by atoms with E-state index >= 15 is 0 Å². The molecule has 0 saturated carbocycles. The minimum Gasteiger partial charge on any atom is -0.457 e. The normalized spacial score (nSPS) is 10.5. The Morgan fingerprint density at radius 1 is 1.05 bits per heavy atom. The smallest absolute Gasteiger partial charge is 0.192 e. The molecule has 0 radical (unpaired) electrons. The number of para-hydroxylation sites is 1. The van der Waals surface area contributed by atoms with E-state index in [-0.39, 0.29) is 24.0 Å². The van der Waals surface area contributed by atoms with E-state index in [2.05, 4.69) is 10.3 Å². The van der Waals surface area contributed by atoms with Gasteiger partial charge < -0.3 is 15.8 Å². The molecule has 4 nitrogen and oxygen atoms in total. The zero-order valence-corrected chi connectivity index (χ0v) is 12.9. The second-order valence-electron chi connectivity index (χ2n) is 3.68. The van der Waals surface area contributed by atoms with Crippen LogP contribution < -0.4 is 15.8 Å². The molecule has 5 heteroatoms. The van der Waals surface area contributed by atoms with Gasteiger partial charge in [-0.15, -0.1) is 24.0 Å². The molecule has 0 aliphatic heterocycles. The van der Waals surface area contributed by atoms with Gasteiger partial charge in [0.25, 0.3) is 0 Å². The Hall–Kier alpha value is -1.76. The lowest BCUT2D eigenvalue weighted by Crippen LogP contribution is -2.21. The molecule has 19 heavy (non-hydrogen) atoms. The highest BCUT2D eigenvalue weighted by Gasteiger charge is 1.99. The standard InChI is InChI=1S/C14H15N3O.HI/c1-16-14(15)17-11-6-5-9-13(10-11)18-12-7-3-2-4-8-12;/h2-10H,1H3,(H3,15,16,17);1H. The Morgan fingerprint density at radius 3 is 2.42 bits per heavy atom. The van der Waals surface area contributed by atoms with Crippen molar-refractivity contribution >= 4 is 35.6 Å². The van der Waals surface area contributed by atoms with Gasteiger partial charge in [0.1, 0.15) is 11.5 Å². The summed E-state index contributed by atoms with van der Waals surface area (Å²) in [5.74, 6) is 1.91. The number of aliphatic imine (C=N–C) groups is 1. The first kappa shape index (κ1) is 15.3. The molecular weight excluding hydrogens is 353 g/mol. The summed E-state index contributed by atoms with van der Waals surface area (Å²) in [6.45, 7) is 0. The number of hydrogen-bond donors (Lipinski definition) is 2. The molecule has 2 aromatic carbocycles. The van der Waals surface area contributed by atoms with E-state index in [9.17, 15) is 0 Å². The molecule has 0 amide bonds. The lowest BCUT2D eigenvalue weighted by atomic mass is 10.3. The van der Waals surface area contributed by atoms with Crippen molar-refractivity contribution in [2.24, 2.45) is 10.7 Å². The number of nitrogens with zero attached hydrogens (tertiary/aromatic N) is 1. The molecule has 0 saturated heterocycles. The molecule has 0 bridgehead atoms. The van der Waals surface area contributed by atoms with Crippen molar-refractivity contribution in [2.45, 2.75) is 0 Å². The van der Waals surface area contributed by atoms with Crippen LogP contribution in [0.4, 0.5) is 5.69 Å². The van der Waals surface area contributed by atoms with Crippen LogP contribution in [0.2, 0.25) is 0 Å². The quantitative estimate of drug-likeness (QED) is 0.495. The van der Waals surface area contributed by atoms with Gasteiger partial charge in [0, 0.05) is 18.8 Å². The van der Waals surface area contributed by atoms with Crippen LogP contribution in [0.15, 0.2) is 59.6 Å². The molecule has 0 heterocycles. The van der Waals surface area contributed by atoms with E-state index in [0.717, 1.165) is 17.2 Å². The summed E-state index contributed by atoms with van der Waals surface area (Å²) >= 11 is 0. The summed E-state index contributed by atoms with van der Waals surface area (Å²) in [6.07, 6.45) is 0. The highest BCUT2D eigenvalue weighted by Crippen LogP contribution is 2.23. The maximum atomic E-state index is 5.71. The summed E-state index contributed by atoms with van der Waals surface area (Å²) in [6, 6.07) is 17.2. The summed E-state index contributed by atoms with van der Waals surface area (Å²) in [5, 5.41) is 2.97. The Balaban J connectivity index is 0.00000180. The van der Waals surface area contributed by atoms with E-state index in [4.69, 9.17) is 10.5 Å². The average molecular weight is 369 g/mol. The first-order chi connectivity index (χ1) is 8.78. The van der Waals surface area contributed by atoms with Gasteiger partial charge in [0.2, 0.25) is 0 Å². The molecule has 0 aliphatic carbocycles. The van der Waals surface area contributed by atoms with Crippen LogP contribution in [0, 0.1) is 0 Å². The van der Waals surface area contributed by atoms with E-state index in [1.54, 1.807) is 7.05 Å². The number of guanidine groups is 1. The first-order valence-electron chi connectivity index (χ1n) is 5.60. The van der Waals surface area contributed by atoms with Crippen LogP contribution in [-0.2, 0) is 0 Å². The van der Waals surface area contributed by atoms with Crippen LogP contribution in [0.1, 0.15) is 0 Å². The van der Waals surface area contributed by atoms with Gasteiger partial charge in [-0.1, -0.05) is 24.3 Å². The Labute approximate surface area is 129 Å². The fraction of sp³-hybridized carbons (Fsp3) is 0.0714. The number of anilines is 1. The maximum absolute atomic E-state index is 5.71. The molecule has 0 unspecified atom stereocenters. The van der Waals surface area contributed by atoms with Crippen molar-refractivity contribution in [1.29, 1.82) is 0 Å². The SMILES string of the molecule is CN=C(N)Nc1cccc(Oc2ccccc2)c1.I. The topological polar surface area (TPSA) is 59.6 Å². The van der Waals surface area contributed by atoms with E-state index in [0.29, 0.717) is 5.96 Å². The van der Waals surface area contributed by atoms with Gasteiger partial charge in [-0.3, -0.25) is 4.99 Å². The van der Waals surface area contributed by atoms with E-state index in [1.807, 2.05) is 54.6 Å². The minimum atomic E-state index is 0. The van der Waals surface area contributed by atoms with Crippen molar-refractivity contribution in [2.75, 3.05) is 12.4 Å². The molecule has 100 valence electrons. The third-order valence-corrected chi connectivity index (χ3v) is 2.33. The Kier molecular flexibility index (Phi) is 6.14. The zero-order chi connectivity index (χ0) is 12.8. The van der Waals surface area contributed by atoms with Crippen LogP contribution in [0.3, 0.4) is 0 Å². The predicted octanol–water partition coefficient (Wildman–Crippen LogP) is 3.45. The Morgan fingerprint density at radius 2 is 1.74 bits per heavy atom. The number of nitrogens with one attached hydrogen (secondary N) is 1. The molecular formula is C14H16IN3O. The number of benzene rings is 2. The predicted molar refractivity (Wildman–Crippen MR) is 89.5 cm³/mol. The van der Waals surface area contributed by atoms with Gasteiger partial charge in [0.15, 0.2) is 5.96 Å². The van der Waals surface area contributed by atoms with E-state index < -0.39 is 0 Å². The summed E-state index contributed by atoms with van der Waals surface area (Å²) in [5.41, 5.74) is 6.45. The lowest BCUT2D eigenvalue weighted by molar-refractivity contribution is 0.483. The molecule has 3 N–H and O–H groups in total. The summed E-state index contributed by atoms with van der Waals surface area (Å²) in [7, 11) is 1.63. The van der Waals surface area contributed by atoms with Crippen molar-refractivity contribution in [3.63, 3.8) is 0 Å². The monoisotopic (exact) mass is 369 g/mol. The third kappa shape index (κ3) is 4.78. The second-order valence-corrected chi connectivity index (χ2v) is 3.68. The van der Waals surface area contributed by atoms with Crippen molar-refractivity contribution in [3.05, 3.63) is 54.6 Å².